The molecule has 0 bridgehead atoms. The molecule has 88 valence electrons. The smallest absolute Gasteiger partial charge is 0.185 e. The molecular formula is C8H7F4N3O. The zero-order valence-electron chi connectivity index (χ0n) is 7.77. The predicted octanol–water partition coefficient (Wildman–Crippen LogP) is 1.40. The Bertz CT molecular complexity index is 410. The van der Waals surface area contributed by atoms with E-state index in [1.165, 1.54) is 0 Å². The maximum atomic E-state index is 13.0. The minimum atomic E-state index is -1.58. The molecule has 1 aromatic rings. The number of amidine groups is 1. The molecule has 8 heteroatoms. The summed E-state index contributed by atoms with van der Waals surface area (Å²) < 4.78 is 51.4. The molecular weight excluding hydrogens is 230 g/mol. The van der Waals surface area contributed by atoms with Crippen molar-refractivity contribution in [3.63, 3.8) is 0 Å². The Hall–Kier alpha value is -1.99. The number of anilines is 1. The SMILES string of the molecule is N/C(CNc1c(F)c(F)cc(F)c1F)=N/O. The minimum absolute atomic E-state index is 0.0827. The predicted molar refractivity (Wildman–Crippen MR) is 48.2 cm³/mol. The molecule has 0 atom stereocenters. The Labute approximate surface area is 87.4 Å². The number of nitrogens with zero attached hydrogens (tertiary/aromatic N) is 1. The fraction of sp³-hybridized carbons (Fsp3) is 0.125. The van der Waals surface area contributed by atoms with Gasteiger partial charge < -0.3 is 16.3 Å². The van der Waals surface area contributed by atoms with Crippen LogP contribution in [0.4, 0.5) is 23.2 Å². The summed E-state index contributed by atoms with van der Waals surface area (Å²) in [6, 6.07) is 0.0827. The molecule has 1 aromatic carbocycles. The van der Waals surface area contributed by atoms with Crippen molar-refractivity contribution in [2.75, 3.05) is 11.9 Å². The molecule has 16 heavy (non-hydrogen) atoms. The summed E-state index contributed by atoms with van der Waals surface area (Å²) in [4.78, 5) is 0. The van der Waals surface area contributed by atoms with E-state index < -0.39 is 41.3 Å². The molecule has 0 aliphatic rings. The molecule has 0 spiro atoms. The number of rotatable bonds is 3. The summed E-state index contributed by atoms with van der Waals surface area (Å²) >= 11 is 0. The second kappa shape index (κ2) is 4.69. The molecule has 0 amide bonds. The van der Waals surface area contributed by atoms with Gasteiger partial charge in [-0.3, -0.25) is 0 Å². The van der Waals surface area contributed by atoms with Gasteiger partial charge >= 0.3 is 0 Å². The number of oxime groups is 1. The van der Waals surface area contributed by atoms with Crippen LogP contribution >= 0.6 is 0 Å². The third-order valence-corrected chi connectivity index (χ3v) is 1.69. The Kier molecular flexibility index (Phi) is 3.54. The van der Waals surface area contributed by atoms with Crippen molar-refractivity contribution >= 4 is 11.5 Å². The van der Waals surface area contributed by atoms with E-state index in [1.807, 2.05) is 5.32 Å². The lowest BCUT2D eigenvalue weighted by atomic mass is 10.2. The highest BCUT2D eigenvalue weighted by Crippen LogP contribution is 2.23. The maximum Gasteiger partial charge on any atom is 0.185 e. The van der Waals surface area contributed by atoms with Gasteiger partial charge in [-0.05, 0) is 0 Å². The van der Waals surface area contributed by atoms with Crippen molar-refractivity contribution < 1.29 is 22.8 Å². The Morgan fingerprint density at radius 1 is 1.25 bits per heavy atom. The van der Waals surface area contributed by atoms with Gasteiger partial charge in [-0.25, -0.2) is 17.6 Å². The van der Waals surface area contributed by atoms with Gasteiger partial charge in [0.1, 0.15) is 5.69 Å². The first kappa shape index (κ1) is 12.1. The van der Waals surface area contributed by atoms with Crippen LogP contribution in [0.2, 0.25) is 0 Å². The van der Waals surface area contributed by atoms with Crippen molar-refractivity contribution in [1.82, 2.24) is 0 Å². The average molecular weight is 237 g/mol. The van der Waals surface area contributed by atoms with Crippen LogP contribution in [0, 0.1) is 23.3 Å². The fourth-order valence-corrected chi connectivity index (χ4v) is 0.943. The van der Waals surface area contributed by atoms with Crippen LogP contribution in [0.3, 0.4) is 0 Å². The molecule has 4 nitrogen and oxygen atoms in total. The number of nitrogens with one attached hydrogen (secondary N) is 1. The molecule has 1 rings (SSSR count). The lowest BCUT2D eigenvalue weighted by molar-refractivity contribution is 0.317. The molecule has 0 aromatic heterocycles. The number of halogens is 4. The normalized spacial score (nSPS) is 11.6. The van der Waals surface area contributed by atoms with Crippen LogP contribution in [-0.4, -0.2) is 17.6 Å². The third kappa shape index (κ3) is 2.33. The Morgan fingerprint density at radius 2 is 1.75 bits per heavy atom. The number of hydrogen-bond donors (Lipinski definition) is 3. The summed E-state index contributed by atoms with van der Waals surface area (Å²) in [7, 11) is 0. The molecule has 0 aliphatic carbocycles. The molecule has 0 unspecified atom stereocenters. The van der Waals surface area contributed by atoms with Gasteiger partial charge in [0, 0.05) is 6.07 Å². The largest absolute Gasteiger partial charge is 0.409 e. The van der Waals surface area contributed by atoms with Crippen molar-refractivity contribution in [2.24, 2.45) is 10.9 Å². The Balaban J connectivity index is 3.03. The Morgan fingerprint density at radius 3 is 2.19 bits per heavy atom. The van der Waals surface area contributed by atoms with Crippen LogP contribution in [0.15, 0.2) is 11.2 Å². The standard InChI is InChI=1S/C8H7F4N3O/c9-3-1-4(10)7(12)8(6(3)11)14-2-5(13)15-16/h1,14,16H,2H2,(H2,13,15). The molecule has 0 radical (unpaired) electrons. The molecule has 0 aliphatic heterocycles. The highest BCUT2D eigenvalue weighted by atomic mass is 19.2. The van der Waals surface area contributed by atoms with E-state index in [9.17, 15) is 17.6 Å². The van der Waals surface area contributed by atoms with Gasteiger partial charge in [0.15, 0.2) is 29.1 Å². The molecule has 0 heterocycles. The van der Waals surface area contributed by atoms with Gasteiger partial charge in [-0.2, -0.15) is 0 Å². The average Bonchev–Trinajstić information content (AvgIpc) is 2.26. The first-order valence-electron chi connectivity index (χ1n) is 4.00. The van der Waals surface area contributed by atoms with Gasteiger partial charge in [0.05, 0.1) is 6.54 Å². The monoisotopic (exact) mass is 237 g/mol. The van der Waals surface area contributed by atoms with Crippen LogP contribution in [0.25, 0.3) is 0 Å². The van der Waals surface area contributed by atoms with Gasteiger partial charge in [0.2, 0.25) is 0 Å². The highest BCUT2D eigenvalue weighted by molar-refractivity contribution is 5.84. The van der Waals surface area contributed by atoms with Gasteiger partial charge in [-0.1, -0.05) is 5.16 Å². The van der Waals surface area contributed by atoms with Crippen LogP contribution in [0.1, 0.15) is 0 Å². The zero-order chi connectivity index (χ0) is 12.3. The van der Waals surface area contributed by atoms with Crippen molar-refractivity contribution in [2.45, 2.75) is 0 Å². The van der Waals surface area contributed by atoms with E-state index in [-0.39, 0.29) is 6.07 Å². The van der Waals surface area contributed by atoms with E-state index in [4.69, 9.17) is 10.9 Å². The second-order valence-electron chi connectivity index (χ2n) is 2.79. The van der Waals surface area contributed by atoms with Crippen molar-refractivity contribution in [3.8, 4) is 0 Å². The summed E-state index contributed by atoms with van der Waals surface area (Å²) in [5.74, 6) is -6.64. The van der Waals surface area contributed by atoms with Crippen molar-refractivity contribution in [1.29, 1.82) is 0 Å². The molecule has 4 N–H and O–H groups in total. The lowest BCUT2D eigenvalue weighted by Gasteiger charge is -2.08. The molecule has 0 saturated carbocycles. The van der Waals surface area contributed by atoms with Crippen LogP contribution in [0.5, 0.6) is 0 Å². The lowest BCUT2D eigenvalue weighted by Crippen LogP contribution is -2.23. The summed E-state index contributed by atoms with van der Waals surface area (Å²) in [5.41, 5.74) is 3.99. The highest BCUT2D eigenvalue weighted by Gasteiger charge is 2.18. The number of hydrogen-bond acceptors (Lipinski definition) is 3. The topological polar surface area (TPSA) is 70.6 Å². The summed E-state index contributed by atoms with van der Waals surface area (Å²) in [5, 5.41) is 12.6. The van der Waals surface area contributed by atoms with E-state index in [0.29, 0.717) is 0 Å². The van der Waals surface area contributed by atoms with Crippen LogP contribution < -0.4 is 11.1 Å². The van der Waals surface area contributed by atoms with Gasteiger partial charge in [0.25, 0.3) is 0 Å². The summed E-state index contributed by atoms with van der Waals surface area (Å²) in [6.07, 6.45) is 0. The number of nitrogens with two attached hydrogens (primary N) is 1. The first-order valence-corrected chi connectivity index (χ1v) is 4.00. The third-order valence-electron chi connectivity index (χ3n) is 1.69. The zero-order valence-corrected chi connectivity index (χ0v) is 7.77. The molecule has 0 fully saturated rings. The van der Waals surface area contributed by atoms with E-state index in [2.05, 4.69) is 5.16 Å². The maximum absolute atomic E-state index is 13.0. The second-order valence-corrected chi connectivity index (χ2v) is 2.79. The van der Waals surface area contributed by atoms with Crippen molar-refractivity contribution in [3.05, 3.63) is 29.3 Å². The number of benzene rings is 1. The quantitative estimate of drug-likeness (QED) is 0.186. The van der Waals surface area contributed by atoms with E-state index >= 15 is 0 Å². The summed E-state index contributed by atoms with van der Waals surface area (Å²) in [6.45, 7) is -0.465. The van der Waals surface area contributed by atoms with Gasteiger partial charge in [-0.15, -0.1) is 0 Å². The first-order chi connectivity index (χ1) is 7.47. The van der Waals surface area contributed by atoms with E-state index in [0.717, 1.165) is 0 Å². The van der Waals surface area contributed by atoms with E-state index in [1.54, 1.807) is 0 Å². The molecule has 0 saturated heterocycles. The minimum Gasteiger partial charge on any atom is -0.409 e. The van der Waals surface area contributed by atoms with Crippen LogP contribution in [-0.2, 0) is 0 Å². The fourth-order valence-electron chi connectivity index (χ4n) is 0.943.